The number of carbonyl (C=O) groups is 2. The van der Waals surface area contributed by atoms with E-state index in [1.165, 1.54) is 22.8 Å². The quantitative estimate of drug-likeness (QED) is 0.434. The topological polar surface area (TPSA) is 111 Å². The van der Waals surface area contributed by atoms with Gasteiger partial charge in [-0.15, -0.1) is 11.3 Å². The van der Waals surface area contributed by atoms with Crippen LogP contribution in [0.1, 0.15) is 43.4 Å². The Morgan fingerprint density at radius 2 is 1.91 bits per heavy atom. The largest absolute Gasteiger partial charge is 0.465 e. The normalized spacial score (nSPS) is 11.8. The Morgan fingerprint density at radius 3 is 2.55 bits per heavy atom. The molecule has 0 atom stereocenters. The van der Waals surface area contributed by atoms with Crippen molar-refractivity contribution < 1.29 is 22.7 Å². The van der Waals surface area contributed by atoms with E-state index >= 15 is 0 Å². The van der Waals surface area contributed by atoms with E-state index in [1.54, 1.807) is 43.5 Å². The van der Waals surface area contributed by atoms with E-state index < -0.39 is 16.0 Å². The van der Waals surface area contributed by atoms with Gasteiger partial charge in [-0.3, -0.25) is 4.79 Å². The number of anilines is 1. The van der Waals surface area contributed by atoms with Gasteiger partial charge in [0.15, 0.2) is 0 Å². The van der Waals surface area contributed by atoms with Gasteiger partial charge in [0, 0.05) is 32.5 Å². The molecule has 2 aromatic heterocycles. The second-order valence-corrected chi connectivity index (χ2v) is 10.1. The summed E-state index contributed by atoms with van der Waals surface area (Å²) in [6.45, 7) is 7.00. The summed E-state index contributed by atoms with van der Waals surface area (Å²) < 4.78 is 33.8. The number of imidazole rings is 1. The molecule has 0 aliphatic carbocycles. The van der Waals surface area contributed by atoms with Crippen molar-refractivity contribution >= 4 is 49.3 Å². The number of hydrogen-bond donors (Lipinski definition) is 1. The Morgan fingerprint density at radius 1 is 1.18 bits per heavy atom. The molecule has 0 aliphatic rings. The van der Waals surface area contributed by atoms with Gasteiger partial charge in [-0.25, -0.2) is 18.2 Å². The van der Waals surface area contributed by atoms with Gasteiger partial charge >= 0.3 is 5.97 Å². The van der Waals surface area contributed by atoms with Gasteiger partial charge in [0.2, 0.25) is 15.9 Å². The number of esters is 1. The van der Waals surface area contributed by atoms with Crippen LogP contribution in [0.2, 0.25) is 0 Å². The van der Waals surface area contributed by atoms with Crippen LogP contribution in [0.25, 0.3) is 11.0 Å². The second kappa shape index (κ2) is 10.4. The number of amides is 1. The number of thiophene rings is 1. The van der Waals surface area contributed by atoms with Crippen LogP contribution in [0.15, 0.2) is 34.5 Å². The first-order valence-corrected chi connectivity index (χ1v) is 13.0. The number of hydrogen-bond acceptors (Lipinski definition) is 7. The van der Waals surface area contributed by atoms with Crippen molar-refractivity contribution in [2.24, 2.45) is 0 Å². The molecule has 0 fully saturated rings. The number of carbonyl (C=O) groups excluding carboxylic acids is 2. The number of methoxy groups -OCH3 is 1. The van der Waals surface area contributed by atoms with Crippen LogP contribution >= 0.6 is 11.3 Å². The molecular weight excluding hydrogens is 464 g/mol. The Balaban J connectivity index is 1.80. The molecule has 1 amide bonds. The van der Waals surface area contributed by atoms with Gasteiger partial charge in [-0.2, -0.15) is 4.31 Å². The van der Waals surface area contributed by atoms with Gasteiger partial charge in [0.25, 0.3) is 0 Å². The maximum atomic E-state index is 12.9. The van der Waals surface area contributed by atoms with Crippen LogP contribution in [-0.4, -0.2) is 54.3 Å². The SMILES string of the molecule is CCN(CC)S(=O)(=O)c1ccc2c(c1)nc(CCC(=O)Nc1sccc1C(=O)OC)n2CC. The summed E-state index contributed by atoms with van der Waals surface area (Å²) in [6.07, 6.45) is 0.526. The molecule has 0 radical (unpaired) electrons. The molecule has 11 heteroatoms. The summed E-state index contributed by atoms with van der Waals surface area (Å²) in [5.74, 6) is -0.0590. The lowest BCUT2D eigenvalue weighted by Crippen LogP contribution is -2.30. The fourth-order valence-corrected chi connectivity index (χ4v) is 5.94. The molecule has 3 rings (SSSR count). The van der Waals surface area contributed by atoms with Crippen LogP contribution < -0.4 is 5.32 Å². The van der Waals surface area contributed by atoms with Gasteiger partial charge in [-0.1, -0.05) is 13.8 Å². The van der Waals surface area contributed by atoms with Gasteiger partial charge in [-0.05, 0) is 36.6 Å². The summed E-state index contributed by atoms with van der Waals surface area (Å²) >= 11 is 1.25. The average molecular weight is 493 g/mol. The molecule has 3 aromatic rings. The van der Waals surface area contributed by atoms with Crippen LogP contribution in [0.3, 0.4) is 0 Å². The maximum absolute atomic E-state index is 12.9. The summed E-state index contributed by atoms with van der Waals surface area (Å²) in [5.41, 5.74) is 1.71. The highest BCUT2D eigenvalue weighted by Crippen LogP contribution is 2.25. The smallest absolute Gasteiger partial charge is 0.340 e. The van der Waals surface area contributed by atoms with Crippen molar-refractivity contribution in [3.05, 3.63) is 41.0 Å². The van der Waals surface area contributed by atoms with Crippen LogP contribution in [-0.2, 0) is 32.5 Å². The lowest BCUT2D eigenvalue weighted by atomic mass is 10.2. The molecule has 1 N–H and O–H groups in total. The predicted octanol–water partition coefficient (Wildman–Crippen LogP) is 3.51. The highest BCUT2D eigenvalue weighted by molar-refractivity contribution is 7.89. The van der Waals surface area contributed by atoms with E-state index in [4.69, 9.17) is 4.74 Å². The number of rotatable bonds is 10. The molecule has 0 aliphatic heterocycles. The second-order valence-electron chi connectivity index (χ2n) is 7.22. The molecule has 0 spiro atoms. The third kappa shape index (κ3) is 5.10. The van der Waals surface area contributed by atoms with E-state index in [9.17, 15) is 18.0 Å². The highest BCUT2D eigenvalue weighted by atomic mass is 32.2. The van der Waals surface area contributed by atoms with Crippen LogP contribution in [0.5, 0.6) is 0 Å². The number of benzene rings is 1. The molecule has 0 unspecified atom stereocenters. The van der Waals surface area contributed by atoms with E-state index in [0.717, 1.165) is 5.52 Å². The van der Waals surface area contributed by atoms with Gasteiger partial charge < -0.3 is 14.6 Å². The van der Waals surface area contributed by atoms with E-state index in [0.29, 0.717) is 48.0 Å². The first-order chi connectivity index (χ1) is 15.8. The molecule has 0 bridgehead atoms. The third-order valence-corrected chi connectivity index (χ3v) is 8.23. The van der Waals surface area contributed by atoms with Gasteiger partial charge in [0.1, 0.15) is 10.8 Å². The average Bonchev–Trinajstić information content (AvgIpc) is 3.40. The zero-order valence-electron chi connectivity index (χ0n) is 19.1. The number of aromatic nitrogens is 2. The minimum atomic E-state index is -3.59. The summed E-state index contributed by atoms with van der Waals surface area (Å²) in [5, 5.41) is 4.92. The lowest BCUT2D eigenvalue weighted by Gasteiger charge is -2.18. The van der Waals surface area contributed by atoms with Crippen molar-refractivity contribution in [1.82, 2.24) is 13.9 Å². The van der Waals surface area contributed by atoms with Crippen molar-refractivity contribution in [2.75, 3.05) is 25.5 Å². The minimum absolute atomic E-state index is 0.159. The first-order valence-electron chi connectivity index (χ1n) is 10.7. The summed E-state index contributed by atoms with van der Waals surface area (Å²) in [6, 6.07) is 6.56. The summed E-state index contributed by atoms with van der Waals surface area (Å²) in [4.78, 5) is 29.1. The Kier molecular flexibility index (Phi) is 7.88. The molecule has 33 heavy (non-hydrogen) atoms. The van der Waals surface area contributed by atoms with E-state index in [2.05, 4.69) is 10.3 Å². The fraction of sp³-hybridized carbons (Fsp3) is 0.409. The third-order valence-electron chi connectivity index (χ3n) is 5.36. The molecule has 1 aromatic carbocycles. The number of sulfonamides is 1. The molecule has 0 saturated carbocycles. The van der Waals surface area contributed by atoms with Crippen molar-refractivity contribution in [2.45, 2.75) is 45.1 Å². The monoisotopic (exact) mass is 492 g/mol. The van der Waals surface area contributed by atoms with E-state index in [1.807, 2.05) is 11.5 Å². The standard InChI is InChI=1S/C22H28N4O5S2/c1-5-25(6-2)33(29,30)15-8-9-18-17(14-15)23-19(26(18)7-3)10-11-20(27)24-21-16(12-13-32-21)22(28)31-4/h8-9,12-14H,5-7,10-11H2,1-4H3,(H,24,27). The highest BCUT2D eigenvalue weighted by Gasteiger charge is 2.23. The van der Waals surface area contributed by atoms with E-state index in [-0.39, 0.29) is 17.2 Å². The maximum Gasteiger partial charge on any atom is 0.340 e. The Bertz CT molecular complexity index is 1260. The zero-order chi connectivity index (χ0) is 24.2. The summed E-state index contributed by atoms with van der Waals surface area (Å²) in [7, 11) is -2.30. The number of nitrogens with one attached hydrogen (secondary N) is 1. The fourth-order valence-electron chi connectivity index (χ4n) is 3.67. The van der Waals surface area contributed by atoms with Crippen molar-refractivity contribution in [3.63, 3.8) is 0 Å². The molecule has 178 valence electrons. The molecular formula is C22H28N4O5S2. The first kappa shape index (κ1) is 24.9. The van der Waals surface area contributed by atoms with Crippen molar-refractivity contribution in [3.8, 4) is 0 Å². The molecule has 0 saturated heterocycles. The van der Waals surface area contributed by atoms with Gasteiger partial charge in [0.05, 0.1) is 28.6 Å². The van der Waals surface area contributed by atoms with Crippen molar-refractivity contribution in [1.29, 1.82) is 0 Å². The number of ether oxygens (including phenoxy) is 1. The van der Waals surface area contributed by atoms with Crippen LogP contribution in [0.4, 0.5) is 5.00 Å². The van der Waals surface area contributed by atoms with Crippen LogP contribution in [0, 0.1) is 0 Å². The Hall–Kier alpha value is -2.76. The molecule has 9 nitrogen and oxygen atoms in total. The Labute approximate surface area is 197 Å². The molecule has 2 heterocycles. The zero-order valence-corrected chi connectivity index (χ0v) is 20.8. The lowest BCUT2D eigenvalue weighted by molar-refractivity contribution is -0.116. The predicted molar refractivity (Wildman–Crippen MR) is 128 cm³/mol. The minimum Gasteiger partial charge on any atom is -0.465 e. The number of fused-ring (bicyclic) bond motifs is 1. The number of nitrogens with zero attached hydrogens (tertiary/aromatic N) is 3. The number of aryl methyl sites for hydroxylation is 2.